The molecule has 3 heteroatoms. The van der Waals surface area contributed by atoms with E-state index in [4.69, 9.17) is 4.74 Å². The summed E-state index contributed by atoms with van der Waals surface area (Å²) in [7, 11) is 1.72. The number of ether oxygens (including phenoxy) is 1. The molecular formula is C15H24N2O. The van der Waals surface area contributed by atoms with Gasteiger partial charge in [0.1, 0.15) is 5.75 Å². The van der Waals surface area contributed by atoms with Crippen molar-refractivity contribution in [3.8, 4) is 5.75 Å². The summed E-state index contributed by atoms with van der Waals surface area (Å²) in [5.74, 6) is 0.931. The normalized spacial score (nSPS) is 20.1. The second-order valence-corrected chi connectivity index (χ2v) is 5.64. The van der Waals surface area contributed by atoms with Crippen molar-refractivity contribution < 1.29 is 4.74 Å². The molecule has 0 saturated carbocycles. The van der Waals surface area contributed by atoms with E-state index in [1.54, 1.807) is 7.11 Å². The summed E-state index contributed by atoms with van der Waals surface area (Å²) in [6.45, 7) is 7.81. The first-order valence-electron chi connectivity index (χ1n) is 6.75. The number of rotatable bonds is 2. The number of anilines is 1. The Kier molecular flexibility index (Phi) is 4.12. The number of nitrogens with one attached hydrogen (secondary N) is 1. The van der Waals surface area contributed by atoms with Crippen molar-refractivity contribution in [2.24, 2.45) is 0 Å². The zero-order valence-corrected chi connectivity index (χ0v) is 11.7. The van der Waals surface area contributed by atoms with E-state index in [1.807, 2.05) is 6.07 Å². The highest BCUT2D eigenvalue weighted by Gasteiger charge is 2.23. The van der Waals surface area contributed by atoms with Crippen LogP contribution in [0.25, 0.3) is 0 Å². The van der Waals surface area contributed by atoms with Gasteiger partial charge in [-0.25, -0.2) is 0 Å². The standard InChI is InChI=1S/C15H24N2O/c1-15(2)12-17(10-5-4-9-16-15)13-7-6-8-14(11-13)18-3/h6-8,11,16H,4-5,9-10,12H2,1-3H3. The van der Waals surface area contributed by atoms with Crippen LogP contribution in [0, 0.1) is 0 Å². The molecule has 0 amide bonds. The second kappa shape index (κ2) is 5.61. The molecule has 1 fully saturated rings. The molecular weight excluding hydrogens is 224 g/mol. The van der Waals surface area contributed by atoms with E-state index in [0.717, 1.165) is 25.4 Å². The minimum Gasteiger partial charge on any atom is -0.497 e. The molecule has 100 valence electrons. The summed E-state index contributed by atoms with van der Waals surface area (Å²) in [5.41, 5.74) is 1.41. The molecule has 1 aliphatic heterocycles. The molecule has 3 nitrogen and oxygen atoms in total. The predicted octanol–water partition coefficient (Wildman–Crippen LogP) is 2.66. The van der Waals surface area contributed by atoms with Crippen LogP contribution >= 0.6 is 0 Å². The van der Waals surface area contributed by atoms with Crippen molar-refractivity contribution in [2.45, 2.75) is 32.2 Å². The lowest BCUT2D eigenvalue weighted by atomic mass is 10.0. The largest absolute Gasteiger partial charge is 0.497 e. The maximum atomic E-state index is 5.31. The molecule has 0 unspecified atom stereocenters. The van der Waals surface area contributed by atoms with Crippen LogP contribution in [-0.4, -0.2) is 32.3 Å². The number of benzene rings is 1. The van der Waals surface area contributed by atoms with Crippen LogP contribution < -0.4 is 15.0 Å². The third kappa shape index (κ3) is 3.39. The highest BCUT2D eigenvalue weighted by molar-refractivity contribution is 5.51. The molecule has 0 bridgehead atoms. The quantitative estimate of drug-likeness (QED) is 0.871. The van der Waals surface area contributed by atoms with E-state index in [-0.39, 0.29) is 5.54 Å². The Morgan fingerprint density at radius 3 is 2.89 bits per heavy atom. The SMILES string of the molecule is COc1cccc(N2CCCCNC(C)(C)C2)c1. The van der Waals surface area contributed by atoms with Gasteiger partial charge < -0.3 is 15.0 Å². The lowest BCUT2D eigenvalue weighted by Crippen LogP contribution is -2.51. The number of hydrogen-bond acceptors (Lipinski definition) is 3. The molecule has 0 spiro atoms. The van der Waals surface area contributed by atoms with Gasteiger partial charge in [-0.3, -0.25) is 0 Å². The number of nitrogens with zero attached hydrogens (tertiary/aromatic N) is 1. The smallest absolute Gasteiger partial charge is 0.120 e. The highest BCUT2D eigenvalue weighted by Crippen LogP contribution is 2.23. The average molecular weight is 248 g/mol. The number of methoxy groups -OCH3 is 1. The molecule has 0 radical (unpaired) electrons. The van der Waals surface area contributed by atoms with Crippen LogP contribution in [0.3, 0.4) is 0 Å². The van der Waals surface area contributed by atoms with Crippen LogP contribution in [0.4, 0.5) is 5.69 Å². The topological polar surface area (TPSA) is 24.5 Å². The fraction of sp³-hybridized carbons (Fsp3) is 0.600. The molecule has 1 saturated heterocycles. The van der Waals surface area contributed by atoms with Crippen LogP contribution in [-0.2, 0) is 0 Å². The highest BCUT2D eigenvalue weighted by atomic mass is 16.5. The molecule has 1 aromatic carbocycles. The third-order valence-corrected chi connectivity index (χ3v) is 3.46. The summed E-state index contributed by atoms with van der Waals surface area (Å²) < 4.78 is 5.31. The van der Waals surface area contributed by atoms with Crippen LogP contribution in [0.1, 0.15) is 26.7 Å². The Labute approximate surface area is 110 Å². The Balaban J connectivity index is 2.17. The van der Waals surface area contributed by atoms with Gasteiger partial charge in [0, 0.05) is 30.4 Å². The van der Waals surface area contributed by atoms with E-state index < -0.39 is 0 Å². The van der Waals surface area contributed by atoms with Gasteiger partial charge in [0.25, 0.3) is 0 Å². The molecule has 1 N–H and O–H groups in total. The van der Waals surface area contributed by atoms with Gasteiger partial charge in [0.2, 0.25) is 0 Å². The maximum absolute atomic E-state index is 5.31. The van der Waals surface area contributed by atoms with E-state index in [2.05, 4.69) is 42.3 Å². The van der Waals surface area contributed by atoms with Crippen LogP contribution in [0.5, 0.6) is 5.75 Å². The van der Waals surface area contributed by atoms with Gasteiger partial charge in [-0.1, -0.05) is 6.07 Å². The predicted molar refractivity (Wildman–Crippen MR) is 76.5 cm³/mol. The van der Waals surface area contributed by atoms with Crippen LogP contribution in [0.2, 0.25) is 0 Å². The van der Waals surface area contributed by atoms with Gasteiger partial charge in [0.15, 0.2) is 0 Å². The van der Waals surface area contributed by atoms with Crippen LogP contribution in [0.15, 0.2) is 24.3 Å². The van der Waals surface area contributed by atoms with Crippen molar-refractivity contribution in [1.82, 2.24) is 5.32 Å². The van der Waals surface area contributed by atoms with Gasteiger partial charge in [-0.15, -0.1) is 0 Å². The third-order valence-electron chi connectivity index (χ3n) is 3.46. The summed E-state index contributed by atoms with van der Waals surface area (Å²) >= 11 is 0. The minimum absolute atomic E-state index is 0.156. The van der Waals surface area contributed by atoms with E-state index in [9.17, 15) is 0 Å². The van der Waals surface area contributed by atoms with E-state index in [0.29, 0.717) is 0 Å². The van der Waals surface area contributed by atoms with Gasteiger partial charge >= 0.3 is 0 Å². The minimum atomic E-state index is 0.156. The first kappa shape index (κ1) is 13.2. The fourth-order valence-corrected chi connectivity index (χ4v) is 2.49. The second-order valence-electron chi connectivity index (χ2n) is 5.64. The van der Waals surface area contributed by atoms with E-state index in [1.165, 1.54) is 18.5 Å². The molecule has 1 aromatic rings. The van der Waals surface area contributed by atoms with Gasteiger partial charge in [-0.2, -0.15) is 0 Å². The zero-order valence-electron chi connectivity index (χ0n) is 11.7. The first-order valence-corrected chi connectivity index (χ1v) is 6.75. The molecule has 0 aromatic heterocycles. The Bertz CT molecular complexity index is 390. The summed E-state index contributed by atoms with van der Waals surface area (Å²) in [5, 5.41) is 3.62. The van der Waals surface area contributed by atoms with Crippen molar-refractivity contribution in [2.75, 3.05) is 31.6 Å². The summed E-state index contributed by atoms with van der Waals surface area (Å²) in [6, 6.07) is 8.35. The van der Waals surface area contributed by atoms with Crippen molar-refractivity contribution >= 4 is 5.69 Å². The maximum Gasteiger partial charge on any atom is 0.120 e. The lowest BCUT2D eigenvalue weighted by Gasteiger charge is -2.37. The van der Waals surface area contributed by atoms with Gasteiger partial charge in [0.05, 0.1) is 7.11 Å². The Morgan fingerprint density at radius 2 is 2.11 bits per heavy atom. The summed E-state index contributed by atoms with van der Waals surface area (Å²) in [6.07, 6.45) is 2.48. The molecule has 0 aliphatic carbocycles. The lowest BCUT2D eigenvalue weighted by molar-refractivity contribution is 0.363. The van der Waals surface area contributed by atoms with Gasteiger partial charge in [-0.05, 0) is 45.4 Å². The molecule has 2 rings (SSSR count). The summed E-state index contributed by atoms with van der Waals surface area (Å²) in [4.78, 5) is 2.45. The van der Waals surface area contributed by atoms with Crippen molar-refractivity contribution in [1.29, 1.82) is 0 Å². The van der Waals surface area contributed by atoms with E-state index >= 15 is 0 Å². The molecule has 18 heavy (non-hydrogen) atoms. The van der Waals surface area contributed by atoms with Crippen molar-refractivity contribution in [3.05, 3.63) is 24.3 Å². The number of hydrogen-bond donors (Lipinski definition) is 1. The molecule has 0 atom stereocenters. The monoisotopic (exact) mass is 248 g/mol. The van der Waals surface area contributed by atoms with Crippen molar-refractivity contribution in [3.63, 3.8) is 0 Å². The molecule has 1 aliphatic rings. The Hall–Kier alpha value is -1.22. The zero-order chi connectivity index (χ0) is 13.0. The Morgan fingerprint density at radius 1 is 1.28 bits per heavy atom. The molecule has 1 heterocycles. The average Bonchev–Trinajstić information content (AvgIpc) is 2.34. The first-order chi connectivity index (χ1) is 8.61. The fourth-order valence-electron chi connectivity index (χ4n) is 2.49.